The fourth-order valence-electron chi connectivity index (χ4n) is 0.842. The molecule has 3 nitrogen and oxygen atoms in total. The van der Waals surface area contributed by atoms with Gasteiger partial charge in [0.05, 0.1) is 13.4 Å². The van der Waals surface area contributed by atoms with Crippen LogP contribution in [-0.2, 0) is 0 Å². The van der Waals surface area contributed by atoms with Crippen molar-refractivity contribution in [3.8, 4) is 5.75 Å². The molecule has 0 unspecified atom stereocenters. The first-order valence-electron chi connectivity index (χ1n) is 3.90. The molecule has 0 saturated heterocycles. The number of halogens is 2. The van der Waals surface area contributed by atoms with Crippen LogP contribution in [0.2, 0.25) is 0 Å². The van der Waals surface area contributed by atoms with Crippen LogP contribution in [0.25, 0.3) is 0 Å². The summed E-state index contributed by atoms with van der Waals surface area (Å²) in [5.41, 5.74) is 0.991. The van der Waals surface area contributed by atoms with Crippen LogP contribution in [0.1, 0.15) is 5.56 Å². The largest absolute Gasteiger partial charge is 0.506 e. The van der Waals surface area contributed by atoms with Crippen molar-refractivity contribution in [1.29, 1.82) is 0 Å². The van der Waals surface area contributed by atoms with Gasteiger partial charge in [-0.15, -0.1) is 0 Å². The van der Waals surface area contributed by atoms with E-state index in [9.17, 15) is 5.11 Å². The molecule has 5 heteroatoms. The zero-order valence-corrected chi connectivity index (χ0v) is 12.1. The lowest BCUT2D eigenvalue weighted by Crippen LogP contribution is -2.02. The van der Waals surface area contributed by atoms with E-state index in [1.165, 1.54) is 0 Å². The highest BCUT2D eigenvalue weighted by Gasteiger charge is 2.03. The molecule has 0 aliphatic rings. The number of hydrogen-bond acceptors (Lipinski definition) is 3. The van der Waals surface area contributed by atoms with Crippen LogP contribution in [0, 0.1) is 7.14 Å². The maximum Gasteiger partial charge on any atom is 0.142 e. The number of nitrogens with zero attached hydrogens (tertiary/aromatic N) is 2. The van der Waals surface area contributed by atoms with Crippen molar-refractivity contribution >= 4 is 51.4 Å². The molecular formula is C9H10I2N2O. The van der Waals surface area contributed by atoms with Gasteiger partial charge in [0.1, 0.15) is 5.75 Å². The second kappa shape index (κ2) is 5.15. The Hall–Kier alpha value is -0.0500. The average Bonchev–Trinajstić information content (AvgIpc) is 2.10. The molecule has 0 spiro atoms. The van der Waals surface area contributed by atoms with Crippen LogP contribution in [-0.4, -0.2) is 30.4 Å². The summed E-state index contributed by atoms with van der Waals surface area (Å²) in [6, 6.07) is 3.79. The fourth-order valence-corrected chi connectivity index (χ4v) is 2.66. The maximum atomic E-state index is 9.54. The van der Waals surface area contributed by atoms with E-state index in [2.05, 4.69) is 50.3 Å². The minimum absolute atomic E-state index is 0.341. The van der Waals surface area contributed by atoms with Gasteiger partial charge in [0, 0.05) is 14.1 Å². The van der Waals surface area contributed by atoms with Crippen molar-refractivity contribution in [2.24, 2.45) is 5.10 Å². The van der Waals surface area contributed by atoms with Gasteiger partial charge in [-0.1, -0.05) is 0 Å². The molecule has 1 aromatic rings. The zero-order valence-electron chi connectivity index (χ0n) is 7.83. The molecule has 0 atom stereocenters. The fraction of sp³-hybridized carbons (Fsp3) is 0.222. The van der Waals surface area contributed by atoms with Crippen LogP contribution < -0.4 is 0 Å². The summed E-state index contributed by atoms with van der Waals surface area (Å²) < 4.78 is 1.68. The van der Waals surface area contributed by atoms with E-state index in [4.69, 9.17) is 0 Å². The first-order valence-corrected chi connectivity index (χ1v) is 6.06. The highest BCUT2D eigenvalue weighted by molar-refractivity contribution is 14.1. The quantitative estimate of drug-likeness (QED) is 0.457. The topological polar surface area (TPSA) is 35.8 Å². The number of hydrogen-bond donors (Lipinski definition) is 1. The van der Waals surface area contributed by atoms with E-state index in [1.54, 1.807) is 11.2 Å². The Kier molecular flexibility index (Phi) is 4.42. The molecule has 0 heterocycles. The Balaban J connectivity index is 3.01. The van der Waals surface area contributed by atoms with Gasteiger partial charge in [0.15, 0.2) is 0 Å². The van der Waals surface area contributed by atoms with Crippen molar-refractivity contribution in [3.05, 3.63) is 24.8 Å². The maximum absolute atomic E-state index is 9.54. The average molecular weight is 416 g/mol. The number of hydrazone groups is 1. The number of phenolic OH excluding ortho intramolecular Hbond substituents is 1. The third-order valence-electron chi connectivity index (χ3n) is 1.48. The summed E-state index contributed by atoms with van der Waals surface area (Å²) in [6.07, 6.45) is 1.77. The lowest BCUT2D eigenvalue weighted by molar-refractivity contribution is 0.440. The lowest BCUT2D eigenvalue weighted by Gasteiger charge is -2.04. The Labute approximate surface area is 110 Å². The molecule has 0 aromatic heterocycles. The van der Waals surface area contributed by atoms with Gasteiger partial charge in [-0.2, -0.15) is 5.10 Å². The van der Waals surface area contributed by atoms with Crippen molar-refractivity contribution in [3.63, 3.8) is 0 Å². The lowest BCUT2D eigenvalue weighted by atomic mass is 10.2. The standard InChI is InChI=1S/C9H10I2N2O/c1-13(2)12-5-6-3-7(10)9(14)8(11)4-6/h3-5,14H,1-2H3. The van der Waals surface area contributed by atoms with Crippen molar-refractivity contribution in [2.75, 3.05) is 14.1 Å². The van der Waals surface area contributed by atoms with Crippen molar-refractivity contribution < 1.29 is 5.11 Å². The summed E-state index contributed by atoms with van der Waals surface area (Å²) in [6.45, 7) is 0. The molecule has 0 aliphatic heterocycles. The van der Waals surface area contributed by atoms with E-state index in [1.807, 2.05) is 26.2 Å². The van der Waals surface area contributed by atoms with Gasteiger partial charge in [0.2, 0.25) is 0 Å². The van der Waals surface area contributed by atoms with E-state index in [0.29, 0.717) is 5.75 Å². The van der Waals surface area contributed by atoms with Gasteiger partial charge < -0.3 is 10.1 Å². The predicted molar refractivity (Wildman–Crippen MR) is 74.8 cm³/mol. The van der Waals surface area contributed by atoms with Crippen LogP contribution in [0.4, 0.5) is 0 Å². The van der Waals surface area contributed by atoms with Crippen LogP contribution in [0.3, 0.4) is 0 Å². The number of rotatable bonds is 2. The van der Waals surface area contributed by atoms with Crippen LogP contribution >= 0.6 is 45.2 Å². The molecule has 1 rings (SSSR count). The Bertz CT molecular complexity index is 341. The normalized spacial score (nSPS) is 10.9. The molecule has 14 heavy (non-hydrogen) atoms. The van der Waals surface area contributed by atoms with Gasteiger partial charge in [0.25, 0.3) is 0 Å². The Morgan fingerprint density at radius 2 is 1.79 bits per heavy atom. The number of phenols is 1. The van der Waals surface area contributed by atoms with Gasteiger partial charge >= 0.3 is 0 Å². The summed E-state index contributed by atoms with van der Waals surface area (Å²) in [4.78, 5) is 0. The summed E-state index contributed by atoms with van der Waals surface area (Å²) in [7, 11) is 3.74. The Morgan fingerprint density at radius 3 is 2.21 bits per heavy atom. The molecule has 0 fully saturated rings. The van der Waals surface area contributed by atoms with Crippen LogP contribution in [0.15, 0.2) is 17.2 Å². The molecule has 1 aromatic carbocycles. The van der Waals surface area contributed by atoms with Gasteiger partial charge in [-0.3, -0.25) is 0 Å². The van der Waals surface area contributed by atoms with Crippen molar-refractivity contribution in [1.82, 2.24) is 5.01 Å². The SMILES string of the molecule is CN(C)N=Cc1cc(I)c(O)c(I)c1. The van der Waals surface area contributed by atoms with E-state index >= 15 is 0 Å². The number of aromatic hydroxyl groups is 1. The number of benzene rings is 1. The van der Waals surface area contributed by atoms with Crippen LogP contribution in [0.5, 0.6) is 5.75 Å². The highest BCUT2D eigenvalue weighted by atomic mass is 127. The first-order chi connectivity index (χ1) is 6.50. The first kappa shape index (κ1) is 12.0. The summed E-state index contributed by atoms with van der Waals surface area (Å²) in [5.74, 6) is 0.341. The monoisotopic (exact) mass is 416 g/mol. The van der Waals surface area contributed by atoms with Gasteiger partial charge in [-0.05, 0) is 62.9 Å². The van der Waals surface area contributed by atoms with Crippen molar-refractivity contribution in [2.45, 2.75) is 0 Å². The molecule has 0 radical (unpaired) electrons. The van der Waals surface area contributed by atoms with E-state index in [-0.39, 0.29) is 0 Å². The predicted octanol–water partition coefficient (Wildman–Crippen LogP) is 2.50. The molecule has 0 amide bonds. The molecule has 0 bridgehead atoms. The minimum Gasteiger partial charge on any atom is -0.506 e. The molecule has 1 N–H and O–H groups in total. The molecule has 0 saturated carbocycles. The zero-order chi connectivity index (χ0) is 10.7. The Morgan fingerprint density at radius 1 is 1.29 bits per heavy atom. The third kappa shape index (κ3) is 3.26. The molecular weight excluding hydrogens is 406 g/mol. The smallest absolute Gasteiger partial charge is 0.142 e. The molecule has 76 valence electrons. The second-order valence-electron chi connectivity index (χ2n) is 2.92. The van der Waals surface area contributed by atoms with E-state index < -0.39 is 0 Å². The van der Waals surface area contributed by atoms with E-state index in [0.717, 1.165) is 12.7 Å². The summed E-state index contributed by atoms with van der Waals surface area (Å²) in [5, 5.41) is 15.4. The summed E-state index contributed by atoms with van der Waals surface area (Å²) >= 11 is 4.21. The second-order valence-corrected chi connectivity index (χ2v) is 5.25. The van der Waals surface area contributed by atoms with Gasteiger partial charge in [-0.25, -0.2) is 0 Å². The molecule has 0 aliphatic carbocycles. The highest BCUT2D eigenvalue weighted by Crippen LogP contribution is 2.26. The minimum atomic E-state index is 0.341. The third-order valence-corrected chi connectivity index (χ3v) is 3.12.